The van der Waals surface area contributed by atoms with E-state index in [1.807, 2.05) is 0 Å². The Balaban J connectivity index is 2.20. The molecule has 0 radical (unpaired) electrons. The summed E-state index contributed by atoms with van der Waals surface area (Å²) in [6, 6.07) is -0.0590. The van der Waals surface area contributed by atoms with Crippen LogP contribution in [0.15, 0.2) is 0 Å². The Labute approximate surface area is 101 Å². The normalized spacial score (nSPS) is 19.4. The molecule has 0 aromatic heterocycles. The lowest BCUT2D eigenvalue weighted by molar-refractivity contribution is -0.137. The number of nitrogens with two attached hydrogens (primary N) is 1. The van der Waals surface area contributed by atoms with E-state index in [4.69, 9.17) is 10.8 Å². The minimum Gasteiger partial charge on any atom is -0.481 e. The van der Waals surface area contributed by atoms with Crippen molar-refractivity contribution >= 4 is 12.0 Å². The molecule has 1 heterocycles. The highest BCUT2D eigenvalue weighted by Gasteiger charge is 2.26. The number of carbonyl (C=O) groups excluding carboxylic acids is 1. The Kier molecular flexibility index (Phi) is 5.76. The van der Waals surface area contributed by atoms with Crippen LogP contribution in [0.4, 0.5) is 4.79 Å². The topological polar surface area (TPSA) is 95.7 Å². The molecule has 0 spiro atoms. The van der Waals surface area contributed by atoms with Gasteiger partial charge >= 0.3 is 12.0 Å². The average Bonchev–Trinajstić information content (AvgIpc) is 2.75. The minimum absolute atomic E-state index is 0.0590. The van der Waals surface area contributed by atoms with Crippen molar-refractivity contribution in [3.63, 3.8) is 0 Å². The van der Waals surface area contributed by atoms with Gasteiger partial charge < -0.3 is 21.1 Å². The molecule has 0 bridgehead atoms. The van der Waals surface area contributed by atoms with E-state index in [2.05, 4.69) is 5.32 Å². The van der Waals surface area contributed by atoms with Crippen molar-refractivity contribution in [1.29, 1.82) is 0 Å². The molecule has 2 amide bonds. The molecule has 0 aliphatic carbocycles. The van der Waals surface area contributed by atoms with E-state index < -0.39 is 5.97 Å². The van der Waals surface area contributed by atoms with Crippen LogP contribution in [0.3, 0.4) is 0 Å². The van der Waals surface area contributed by atoms with Gasteiger partial charge in [-0.15, -0.1) is 0 Å². The molecule has 0 saturated carbocycles. The molecular formula is C11H21N3O3. The average molecular weight is 243 g/mol. The van der Waals surface area contributed by atoms with Crippen LogP contribution in [0.2, 0.25) is 0 Å². The molecule has 1 rings (SSSR count). The van der Waals surface area contributed by atoms with Crippen molar-refractivity contribution < 1.29 is 14.7 Å². The molecule has 1 atom stereocenters. The zero-order valence-corrected chi connectivity index (χ0v) is 10.0. The first-order chi connectivity index (χ1) is 8.13. The molecule has 0 aromatic rings. The molecule has 1 aliphatic rings. The fourth-order valence-electron chi connectivity index (χ4n) is 1.99. The number of nitrogens with one attached hydrogen (secondary N) is 1. The second kappa shape index (κ2) is 7.11. The number of carbonyl (C=O) groups is 2. The first kappa shape index (κ1) is 13.8. The van der Waals surface area contributed by atoms with Crippen LogP contribution in [0, 0.1) is 5.92 Å². The minimum atomic E-state index is -0.768. The lowest BCUT2D eigenvalue weighted by atomic mass is 10.0. The Morgan fingerprint density at radius 2 is 2.24 bits per heavy atom. The Morgan fingerprint density at radius 3 is 2.88 bits per heavy atom. The summed E-state index contributed by atoms with van der Waals surface area (Å²) in [6.45, 7) is 2.56. The number of likely N-dealkylation sites (tertiary alicyclic amines) is 1. The van der Waals surface area contributed by atoms with Crippen molar-refractivity contribution in [3.8, 4) is 0 Å². The summed E-state index contributed by atoms with van der Waals surface area (Å²) in [4.78, 5) is 23.9. The van der Waals surface area contributed by atoms with E-state index >= 15 is 0 Å². The van der Waals surface area contributed by atoms with Crippen LogP contribution in [-0.4, -0.2) is 48.2 Å². The third-order valence-corrected chi connectivity index (χ3v) is 3.00. The van der Waals surface area contributed by atoms with Gasteiger partial charge in [0.15, 0.2) is 0 Å². The molecule has 6 nitrogen and oxygen atoms in total. The molecule has 4 N–H and O–H groups in total. The number of carboxylic acid groups (broad SMARTS) is 1. The largest absolute Gasteiger partial charge is 0.481 e. The highest BCUT2D eigenvalue weighted by molar-refractivity contribution is 5.74. The van der Waals surface area contributed by atoms with Crippen molar-refractivity contribution in [2.24, 2.45) is 11.7 Å². The van der Waals surface area contributed by atoms with Crippen molar-refractivity contribution in [1.82, 2.24) is 10.2 Å². The summed E-state index contributed by atoms with van der Waals surface area (Å²) in [6.07, 6.45) is 2.52. The highest BCUT2D eigenvalue weighted by atomic mass is 16.4. The third-order valence-electron chi connectivity index (χ3n) is 3.00. The van der Waals surface area contributed by atoms with Gasteiger partial charge in [0.25, 0.3) is 0 Å². The van der Waals surface area contributed by atoms with Crippen LogP contribution < -0.4 is 11.1 Å². The molecule has 1 aliphatic heterocycles. The molecule has 1 fully saturated rings. The number of nitrogens with zero attached hydrogens (tertiary/aromatic N) is 1. The maximum Gasteiger partial charge on any atom is 0.317 e. The first-order valence-corrected chi connectivity index (χ1v) is 6.08. The Bertz CT molecular complexity index is 271. The lowest BCUT2D eigenvalue weighted by Crippen LogP contribution is -2.39. The number of aliphatic carboxylic acids is 1. The number of hydrogen-bond donors (Lipinski definition) is 3. The van der Waals surface area contributed by atoms with Crippen LogP contribution in [-0.2, 0) is 4.79 Å². The molecule has 1 saturated heterocycles. The Hall–Kier alpha value is -1.30. The SMILES string of the molecule is NCCCNC(=O)N1CCC(CCC(=O)O)C1. The second-order valence-corrected chi connectivity index (χ2v) is 4.41. The van der Waals surface area contributed by atoms with E-state index in [1.165, 1.54) is 0 Å². The van der Waals surface area contributed by atoms with E-state index in [9.17, 15) is 9.59 Å². The molecule has 1 unspecified atom stereocenters. The fraction of sp³-hybridized carbons (Fsp3) is 0.818. The van der Waals surface area contributed by atoms with Crippen LogP contribution in [0.25, 0.3) is 0 Å². The molecular weight excluding hydrogens is 222 g/mol. The van der Waals surface area contributed by atoms with Gasteiger partial charge in [-0.05, 0) is 31.7 Å². The molecule has 6 heteroatoms. The van der Waals surface area contributed by atoms with E-state index in [-0.39, 0.29) is 12.5 Å². The summed E-state index contributed by atoms with van der Waals surface area (Å²) in [5, 5.41) is 11.4. The predicted octanol–water partition coefficient (Wildman–Crippen LogP) is 0.231. The number of carboxylic acids is 1. The van der Waals surface area contributed by atoms with Gasteiger partial charge in [-0.2, -0.15) is 0 Å². The van der Waals surface area contributed by atoms with Gasteiger partial charge in [-0.3, -0.25) is 4.79 Å². The third kappa shape index (κ3) is 5.04. The second-order valence-electron chi connectivity index (χ2n) is 4.41. The van der Waals surface area contributed by atoms with Crippen LogP contribution in [0.1, 0.15) is 25.7 Å². The van der Waals surface area contributed by atoms with Gasteiger partial charge in [0, 0.05) is 26.1 Å². The number of urea groups is 1. The molecule has 98 valence electrons. The lowest BCUT2D eigenvalue weighted by Gasteiger charge is -2.17. The number of rotatable bonds is 6. The summed E-state index contributed by atoms with van der Waals surface area (Å²) < 4.78 is 0. The maximum absolute atomic E-state index is 11.7. The quantitative estimate of drug-likeness (QED) is 0.582. The fourth-order valence-corrected chi connectivity index (χ4v) is 1.99. The van der Waals surface area contributed by atoms with Gasteiger partial charge in [0.05, 0.1) is 0 Å². The zero-order chi connectivity index (χ0) is 12.7. The van der Waals surface area contributed by atoms with Crippen molar-refractivity contribution in [2.75, 3.05) is 26.2 Å². The van der Waals surface area contributed by atoms with Crippen molar-refractivity contribution in [2.45, 2.75) is 25.7 Å². The number of amides is 2. The summed E-state index contributed by atoms with van der Waals surface area (Å²) in [5.74, 6) is -0.442. The van der Waals surface area contributed by atoms with Crippen LogP contribution >= 0.6 is 0 Å². The zero-order valence-electron chi connectivity index (χ0n) is 10.0. The van der Waals surface area contributed by atoms with Gasteiger partial charge in [0.2, 0.25) is 0 Å². The monoisotopic (exact) mass is 243 g/mol. The highest BCUT2D eigenvalue weighted by Crippen LogP contribution is 2.20. The summed E-state index contributed by atoms with van der Waals surface area (Å²) in [7, 11) is 0. The smallest absolute Gasteiger partial charge is 0.317 e. The van der Waals surface area contributed by atoms with E-state index in [0.29, 0.717) is 32.0 Å². The van der Waals surface area contributed by atoms with E-state index in [1.54, 1.807) is 4.90 Å². The van der Waals surface area contributed by atoms with E-state index in [0.717, 1.165) is 19.4 Å². The van der Waals surface area contributed by atoms with Gasteiger partial charge in [0.1, 0.15) is 0 Å². The maximum atomic E-state index is 11.7. The molecule has 17 heavy (non-hydrogen) atoms. The molecule has 0 aromatic carbocycles. The van der Waals surface area contributed by atoms with Crippen molar-refractivity contribution in [3.05, 3.63) is 0 Å². The number of hydrogen-bond acceptors (Lipinski definition) is 3. The summed E-state index contributed by atoms with van der Waals surface area (Å²) in [5.41, 5.74) is 5.34. The Morgan fingerprint density at radius 1 is 1.47 bits per heavy atom. The first-order valence-electron chi connectivity index (χ1n) is 6.08. The summed E-state index contributed by atoms with van der Waals surface area (Å²) >= 11 is 0. The van der Waals surface area contributed by atoms with Gasteiger partial charge in [-0.25, -0.2) is 4.79 Å². The predicted molar refractivity (Wildman–Crippen MR) is 63.6 cm³/mol. The van der Waals surface area contributed by atoms with Crippen LogP contribution in [0.5, 0.6) is 0 Å². The standard InChI is InChI=1S/C11H21N3O3/c12-5-1-6-13-11(17)14-7-4-9(8-14)2-3-10(15)16/h9H,1-8,12H2,(H,13,17)(H,15,16). The van der Waals surface area contributed by atoms with Gasteiger partial charge in [-0.1, -0.05) is 0 Å².